The van der Waals surface area contributed by atoms with Gasteiger partial charge in [-0.25, -0.2) is 4.79 Å². The predicted octanol–water partition coefficient (Wildman–Crippen LogP) is 1.99. The van der Waals surface area contributed by atoms with E-state index in [4.69, 9.17) is 9.84 Å². The molecule has 1 aromatic carbocycles. The fourth-order valence-electron chi connectivity index (χ4n) is 2.18. The van der Waals surface area contributed by atoms with Crippen molar-refractivity contribution in [2.45, 2.75) is 31.0 Å². The summed E-state index contributed by atoms with van der Waals surface area (Å²) in [6.45, 7) is 0. The maximum Gasteiger partial charge on any atom is 0.328 e. The van der Waals surface area contributed by atoms with Gasteiger partial charge < -0.3 is 14.9 Å². The molecule has 2 atom stereocenters. The third-order valence-corrected chi connectivity index (χ3v) is 3.06. The largest absolute Gasteiger partial charge is 0.490 e. The van der Waals surface area contributed by atoms with Crippen molar-refractivity contribution in [2.24, 2.45) is 0 Å². The summed E-state index contributed by atoms with van der Waals surface area (Å²) in [7, 11) is 0. The standard InChI is InChI=1S/C14H16O4/c15-13(16)7-9-14(17)8-6-12(10-14)18-11-4-2-1-3-5-11/h1-5,7,9,12,17H,6,8,10H2,(H,15,16)/b9-7+. The van der Waals surface area contributed by atoms with Gasteiger partial charge in [-0.05, 0) is 31.1 Å². The van der Waals surface area contributed by atoms with Gasteiger partial charge in [0.2, 0.25) is 0 Å². The van der Waals surface area contributed by atoms with Gasteiger partial charge in [0, 0.05) is 12.5 Å². The summed E-state index contributed by atoms with van der Waals surface area (Å²) in [5, 5.41) is 18.7. The molecule has 0 aromatic heterocycles. The van der Waals surface area contributed by atoms with E-state index >= 15 is 0 Å². The first-order valence-electron chi connectivity index (χ1n) is 5.94. The van der Waals surface area contributed by atoms with E-state index in [2.05, 4.69) is 0 Å². The number of benzene rings is 1. The molecule has 18 heavy (non-hydrogen) atoms. The Bertz CT molecular complexity index is 440. The molecule has 2 unspecified atom stereocenters. The van der Waals surface area contributed by atoms with E-state index in [-0.39, 0.29) is 6.10 Å². The lowest BCUT2D eigenvalue weighted by Gasteiger charge is -2.18. The van der Waals surface area contributed by atoms with Gasteiger partial charge in [0.15, 0.2) is 0 Å². The molecule has 4 heteroatoms. The highest BCUT2D eigenvalue weighted by Crippen LogP contribution is 2.33. The van der Waals surface area contributed by atoms with Crippen molar-refractivity contribution in [1.29, 1.82) is 0 Å². The van der Waals surface area contributed by atoms with Crippen molar-refractivity contribution in [3.05, 3.63) is 42.5 Å². The van der Waals surface area contributed by atoms with Gasteiger partial charge in [-0.15, -0.1) is 0 Å². The average Bonchev–Trinajstić information content (AvgIpc) is 2.71. The molecule has 0 bridgehead atoms. The Hall–Kier alpha value is -1.81. The molecule has 0 spiro atoms. The van der Waals surface area contributed by atoms with Crippen LogP contribution in [0.15, 0.2) is 42.5 Å². The average molecular weight is 248 g/mol. The lowest BCUT2D eigenvalue weighted by Crippen LogP contribution is -2.24. The van der Waals surface area contributed by atoms with Crippen LogP contribution in [0, 0.1) is 0 Å². The SMILES string of the molecule is O=C(O)/C=C/C1(O)CCC(Oc2ccccc2)C1. The number of aliphatic hydroxyl groups is 1. The zero-order chi connectivity index (χ0) is 13.0. The summed E-state index contributed by atoms with van der Waals surface area (Å²) in [5.74, 6) is -0.273. The summed E-state index contributed by atoms with van der Waals surface area (Å²) < 4.78 is 5.74. The van der Waals surface area contributed by atoms with Gasteiger partial charge >= 0.3 is 5.97 Å². The molecular formula is C14H16O4. The number of aliphatic carboxylic acids is 1. The molecule has 1 aliphatic rings. The van der Waals surface area contributed by atoms with Crippen molar-refractivity contribution in [3.8, 4) is 5.75 Å². The molecule has 0 aliphatic heterocycles. The third-order valence-electron chi connectivity index (χ3n) is 3.06. The molecule has 0 amide bonds. The minimum Gasteiger partial charge on any atom is -0.490 e. The summed E-state index contributed by atoms with van der Waals surface area (Å²) in [6, 6.07) is 9.42. The second-order valence-electron chi connectivity index (χ2n) is 4.57. The van der Waals surface area contributed by atoms with Crippen LogP contribution >= 0.6 is 0 Å². The first-order valence-corrected chi connectivity index (χ1v) is 5.94. The topological polar surface area (TPSA) is 66.8 Å². The van der Waals surface area contributed by atoms with Gasteiger partial charge in [0.05, 0.1) is 5.60 Å². The maximum atomic E-state index is 10.4. The normalized spacial score (nSPS) is 27.5. The van der Waals surface area contributed by atoms with E-state index in [1.54, 1.807) is 0 Å². The number of hydrogen-bond acceptors (Lipinski definition) is 3. The zero-order valence-corrected chi connectivity index (χ0v) is 9.95. The highest BCUT2D eigenvalue weighted by Gasteiger charge is 2.36. The summed E-state index contributed by atoms with van der Waals surface area (Å²) in [5.41, 5.74) is -1.06. The Morgan fingerprint density at radius 1 is 1.39 bits per heavy atom. The van der Waals surface area contributed by atoms with Crippen LogP contribution in [0.5, 0.6) is 5.75 Å². The molecule has 0 saturated heterocycles. The lowest BCUT2D eigenvalue weighted by molar-refractivity contribution is -0.131. The van der Waals surface area contributed by atoms with Crippen molar-refractivity contribution in [3.63, 3.8) is 0 Å². The highest BCUT2D eigenvalue weighted by atomic mass is 16.5. The monoisotopic (exact) mass is 248 g/mol. The number of rotatable bonds is 4. The van der Waals surface area contributed by atoms with Gasteiger partial charge in [0.25, 0.3) is 0 Å². The van der Waals surface area contributed by atoms with E-state index < -0.39 is 11.6 Å². The molecule has 1 aliphatic carbocycles. The van der Waals surface area contributed by atoms with E-state index in [9.17, 15) is 9.90 Å². The number of para-hydroxylation sites is 1. The first-order chi connectivity index (χ1) is 8.57. The van der Waals surface area contributed by atoms with Crippen LogP contribution < -0.4 is 4.74 Å². The van der Waals surface area contributed by atoms with Crippen LogP contribution in [-0.4, -0.2) is 27.9 Å². The van der Waals surface area contributed by atoms with E-state index in [1.165, 1.54) is 6.08 Å². The zero-order valence-electron chi connectivity index (χ0n) is 9.95. The molecule has 4 nitrogen and oxygen atoms in total. The minimum absolute atomic E-state index is 0.0733. The van der Waals surface area contributed by atoms with Crippen molar-refractivity contribution < 1.29 is 19.7 Å². The van der Waals surface area contributed by atoms with Gasteiger partial charge in [0.1, 0.15) is 11.9 Å². The predicted molar refractivity (Wildman–Crippen MR) is 66.4 cm³/mol. The maximum absolute atomic E-state index is 10.4. The molecule has 0 radical (unpaired) electrons. The quantitative estimate of drug-likeness (QED) is 0.800. The summed E-state index contributed by atoms with van der Waals surface area (Å²) in [4.78, 5) is 10.4. The number of ether oxygens (including phenoxy) is 1. The summed E-state index contributed by atoms with van der Waals surface area (Å²) >= 11 is 0. The Balaban J connectivity index is 1.94. The van der Waals surface area contributed by atoms with E-state index in [0.29, 0.717) is 12.8 Å². The van der Waals surface area contributed by atoms with Crippen LogP contribution in [0.4, 0.5) is 0 Å². The van der Waals surface area contributed by atoms with Crippen molar-refractivity contribution in [1.82, 2.24) is 0 Å². The third kappa shape index (κ3) is 3.34. The lowest BCUT2D eigenvalue weighted by atomic mass is 10.0. The van der Waals surface area contributed by atoms with Crippen LogP contribution in [0.25, 0.3) is 0 Å². The molecule has 2 N–H and O–H groups in total. The van der Waals surface area contributed by atoms with Crippen molar-refractivity contribution >= 4 is 5.97 Å². The molecule has 1 aromatic rings. The van der Waals surface area contributed by atoms with Crippen LogP contribution in [0.1, 0.15) is 19.3 Å². The first kappa shape index (κ1) is 12.6. The van der Waals surface area contributed by atoms with E-state index in [1.807, 2.05) is 30.3 Å². The smallest absolute Gasteiger partial charge is 0.328 e. The Labute approximate surface area is 106 Å². The fraction of sp³-hybridized carbons (Fsp3) is 0.357. The number of carboxylic acids is 1. The fourth-order valence-corrected chi connectivity index (χ4v) is 2.18. The van der Waals surface area contributed by atoms with Crippen LogP contribution in [-0.2, 0) is 4.79 Å². The minimum atomic E-state index is -1.06. The molecule has 0 heterocycles. The number of carbonyl (C=O) groups is 1. The van der Waals surface area contributed by atoms with Gasteiger partial charge in [-0.2, -0.15) is 0 Å². The Morgan fingerprint density at radius 3 is 2.78 bits per heavy atom. The number of hydrogen-bond donors (Lipinski definition) is 2. The van der Waals surface area contributed by atoms with Gasteiger partial charge in [-0.3, -0.25) is 0 Å². The molecule has 1 fully saturated rings. The highest BCUT2D eigenvalue weighted by molar-refractivity contribution is 5.79. The molecular weight excluding hydrogens is 232 g/mol. The van der Waals surface area contributed by atoms with Crippen LogP contribution in [0.2, 0.25) is 0 Å². The van der Waals surface area contributed by atoms with Crippen molar-refractivity contribution in [2.75, 3.05) is 0 Å². The molecule has 1 saturated carbocycles. The Kier molecular flexibility index (Phi) is 3.67. The molecule has 96 valence electrons. The van der Waals surface area contributed by atoms with Crippen LogP contribution in [0.3, 0.4) is 0 Å². The second-order valence-corrected chi connectivity index (χ2v) is 4.57. The van der Waals surface area contributed by atoms with Gasteiger partial charge in [-0.1, -0.05) is 18.2 Å². The number of carboxylic acid groups (broad SMARTS) is 1. The second kappa shape index (κ2) is 5.23. The molecule has 2 rings (SSSR count). The Morgan fingerprint density at radius 2 is 2.11 bits per heavy atom. The van der Waals surface area contributed by atoms with E-state index in [0.717, 1.165) is 18.2 Å². The summed E-state index contributed by atoms with van der Waals surface area (Å²) in [6.07, 6.45) is 3.93.